The first-order chi connectivity index (χ1) is 6.20. The van der Waals surface area contributed by atoms with Crippen molar-refractivity contribution < 1.29 is 4.79 Å². The Hall–Kier alpha value is -0.830. The normalized spacial score (nSPS) is 16.7. The van der Waals surface area contributed by atoms with E-state index in [1.807, 2.05) is 23.9 Å². The fourth-order valence-electron chi connectivity index (χ4n) is 1.35. The lowest BCUT2D eigenvalue weighted by atomic mass is 10.2. The maximum Gasteiger partial charge on any atom is 0.224 e. The lowest BCUT2D eigenvalue weighted by Crippen LogP contribution is -2.35. The first-order valence-corrected chi connectivity index (χ1v) is 4.77. The van der Waals surface area contributed by atoms with Gasteiger partial charge in [0.2, 0.25) is 5.91 Å². The molecule has 0 bridgehead atoms. The number of rotatable bonds is 3. The summed E-state index contributed by atoms with van der Waals surface area (Å²) in [7, 11) is 3.98. The van der Waals surface area contributed by atoms with Crippen LogP contribution in [0.2, 0.25) is 0 Å². The average molecular weight is 182 g/mol. The third kappa shape index (κ3) is 3.59. The molecule has 1 heterocycles. The molecular weight excluding hydrogens is 164 g/mol. The minimum Gasteiger partial charge on any atom is -0.339 e. The first kappa shape index (κ1) is 10.3. The first-order valence-electron chi connectivity index (χ1n) is 4.77. The molecule has 0 fully saturated rings. The van der Waals surface area contributed by atoms with Crippen molar-refractivity contribution >= 4 is 5.91 Å². The van der Waals surface area contributed by atoms with Crippen molar-refractivity contribution in [3.63, 3.8) is 0 Å². The van der Waals surface area contributed by atoms with E-state index in [-0.39, 0.29) is 5.91 Å². The van der Waals surface area contributed by atoms with Crippen LogP contribution in [-0.2, 0) is 4.79 Å². The predicted octanol–water partition coefficient (Wildman–Crippen LogP) is 0.727. The van der Waals surface area contributed by atoms with Crippen LogP contribution >= 0.6 is 0 Å². The molecule has 3 nitrogen and oxygen atoms in total. The SMILES string of the molecule is CN(C)CCC(=O)N1CC=CCC1. The molecule has 0 aliphatic carbocycles. The van der Waals surface area contributed by atoms with E-state index in [0.29, 0.717) is 6.42 Å². The number of hydrogen-bond donors (Lipinski definition) is 0. The zero-order valence-electron chi connectivity index (χ0n) is 8.49. The molecule has 0 unspecified atom stereocenters. The van der Waals surface area contributed by atoms with Crippen molar-refractivity contribution in [2.45, 2.75) is 12.8 Å². The van der Waals surface area contributed by atoms with Gasteiger partial charge in [0.15, 0.2) is 0 Å². The Morgan fingerprint density at radius 1 is 1.46 bits per heavy atom. The van der Waals surface area contributed by atoms with Gasteiger partial charge in [-0.15, -0.1) is 0 Å². The Morgan fingerprint density at radius 3 is 2.77 bits per heavy atom. The summed E-state index contributed by atoms with van der Waals surface area (Å²) >= 11 is 0. The molecule has 13 heavy (non-hydrogen) atoms. The summed E-state index contributed by atoms with van der Waals surface area (Å²) in [6.45, 7) is 2.54. The van der Waals surface area contributed by atoms with E-state index in [4.69, 9.17) is 0 Å². The maximum atomic E-state index is 11.6. The van der Waals surface area contributed by atoms with E-state index in [9.17, 15) is 4.79 Å². The molecule has 3 heteroatoms. The van der Waals surface area contributed by atoms with Crippen molar-refractivity contribution in [1.82, 2.24) is 9.80 Å². The van der Waals surface area contributed by atoms with Gasteiger partial charge in [0.05, 0.1) is 0 Å². The fourth-order valence-corrected chi connectivity index (χ4v) is 1.35. The van der Waals surface area contributed by atoms with E-state index >= 15 is 0 Å². The molecule has 0 atom stereocenters. The number of amides is 1. The molecule has 1 aliphatic rings. The Bertz CT molecular complexity index is 199. The lowest BCUT2D eigenvalue weighted by molar-refractivity contribution is -0.131. The zero-order chi connectivity index (χ0) is 9.68. The van der Waals surface area contributed by atoms with E-state index in [1.54, 1.807) is 0 Å². The van der Waals surface area contributed by atoms with Crippen molar-refractivity contribution in [2.75, 3.05) is 33.7 Å². The highest BCUT2D eigenvalue weighted by atomic mass is 16.2. The summed E-state index contributed by atoms with van der Waals surface area (Å²) in [6.07, 6.45) is 5.85. The van der Waals surface area contributed by atoms with Crippen LogP contribution in [0, 0.1) is 0 Å². The van der Waals surface area contributed by atoms with Crippen LogP contribution in [0.15, 0.2) is 12.2 Å². The quantitative estimate of drug-likeness (QED) is 0.601. The zero-order valence-corrected chi connectivity index (χ0v) is 8.49. The summed E-state index contributed by atoms with van der Waals surface area (Å²) in [6, 6.07) is 0. The Balaban J connectivity index is 2.26. The molecule has 1 aliphatic heterocycles. The second-order valence-corrected chi connectivity index (χ2v) is 3.65. The number of nitrogens with zero attached hydrogens (tertiary/aromatic N) is 2. The van der Waals surface area contributed by atoms with Gasteiger partial charge in [0.25, 0.3) is 0 Å². The molecule has 74 valence electrons. The van der Waals surface area contributed by atoms with Crippen LogP contribution in [0.4, 0.5) is 0 Å². The third-order valence-electron chi connectivity index (χ3n) is 2.18. The van der Waals surface area contributed by atoms with Crippen molar-refractivity contribution in [3.8, 4) is 0 Å². The molecule has 0 saturated heterocycles. The summed E-state index contributed by atoms with van der Waals surface area (Å²) in [5.41, 5.74) is 0. The van der Waals surface area contributed by atoms with Crippen LogP contribution < -0.4 is 0 Å². The average Bonchev–Trinajstić information content (AvgIpc) is 2.15. The van der Waals surface area contributed by atoms with Crippen LogP contribution in [0.5, 0.6) is 0 Å². The summed E-state index contributed by atoms with van der Waals surface area (Å²) in [5, 5.41) is 0. The minimum absolute atomic E-state index is 0.276. The van der Waals surface area contributed by atoms with Gasteiger partial charge in [-0.25, -0.2) is 0 Å². The fraction of sp³-hybridized carbons (Fsp3) is 0.700. The highest BCUT2D eigenvalue weighted by molar-refractivity contribution is 5.76. The van der Waals surface area contributed by atoms with Crippen LogP contribution in [0.3, 0.4) is 0 Å². The molecule has 0 aromatic heterocycles. The maximum absolute atomic E-state index is 11.6. The van der Waals surface area contributed by atoms with Crippen LogP contribution in [0.1, 0.15) is 12.8 Å². The van der Waals surface area contributed by atoms with Gasteiger partial charge in [-0.05, 0) is 20.5 Å². The summed E-state index contributed by atoms with van der Waals surface area (Å²) in [5.74, 6) is 0.276. The molecule has 0 saturated carbocycles. The highest BCUT2D eigenvalue weighted by Crippen LogP contribution is 2.03. The minimum atomic E-state index is 0.276. The summed E-state index contributed by atoms with van der Waals surface area (Å²) in [4.78, 5) is 15.5. The van der Waals surface area contributed by atoms with Gasteiger partial charge in [0, 0.05) is 26.1 Å². The van der Waals surface area contributed by atoms with E-state index in [0.717, 1.165) is 26.1 Å². The van der Waals surface area contributed by atoms with Crippen molar-refractivity contribution in [2.24, 2.45) is 0 Å². The summed E-state index contributed by atoms with van der Waals surface area (Å²) < 4.78 is 0. The second kappa shape index (κ2) is 5.02. The Kier molecular flexibility index (Phi) is 3.96. The molecule has 1 rings (SSSR count). The molecule has 0 radical (unpaired) electrons. The van der Waals surface area contributed by atoms with Crippen LogP contribution in [0.25, 0.3) is 0 Å². The van der Waals surface area contributed by atoms with Gasteiger partial charge in [-0.3, -0.25) is 4.79 Å². The van der Waals surface area contributed by atoms with Gasteiger partial charge in [-0.1, -0.05) is 12.2 Å². The van der Waals surface area contributed by atoms with Crippen LogP contribution in [-0.4, -0.2) is 49.4 Å². The van der Waals surface area contributed by atoms with E-state index in [2.05, 4.69) is 12.2 Å². The Labute approximate surface area is 80.0 Å². The standard InChI is InChI=1S/C10H18N2O/c1-11(2)9-6-10(13)12-7-4-3-5-8-12/h3-4H,5-9H2,1-2H3. The third-order valence-corrected chi connectivity index (χ3v) is 2.18. The number of carbonyl (C=O) groups is 1. The lowest BCUT2D eigenvalue weighted by Gasteiger charge is -2.24. The molecule has 0 aromatic rings. The Morgan fingerprint density at radius 2 is 2.23 bits per heavy atom. The number of hydrogen-bond acceptors (Lipinski definition) is 2. The molecule has 0 aromatic carbocycles. The monoisotopic (exact) mass is 182 g/mol. The molecular formula is C10H18N2O. The topological polar surface area (TPSA) is 23.6 Å². The van der Waals surface area contributed by atoms with Crippen molar-refractivity contribution in [1.29, 1.82) is 0 Å². The van der Waals surface area contributed by atoms with Gasteiger partial charge >= 0.3 is 0 Å². The van der Waals surface area contributed by atoms with E-state index in [1.165, 1.54) is 0 Å². The highest BCUT2D eigenvalue weighted by Gasteiger charge is 2.12. The smallest absolute Gasteiger partial charge is 0.224 e. The largest absolute Gasteiger partial charge is 0.339 e. The number of carbonyl (C=O) groups excluding carboxylic acids is 1. The molecule has 1 amide bonds. The second-order valence-electron chi connectivity index (χ2n) is 3.65. The molecule has 0 N–H and O–H groups in total. The van der Waals surface area contributed by atoms with Gasteiger partial charge in [0.1, 0.15) is 0 Å². The predicted molar refractivity (Wildman–Crippen MR) is 53.5 cm³/mol. The van der Waals surface area contributed by atoms with Gasteiger partial charge < -0.3 is 9.80 Å². The van der Waals surface area contributed by atoms with Gasteiger partial charge in [-0.2, -0.15) is 0 Å². The molecule has 0 spiro atoms. The van der Waals surface area contributed by atoms with Crippen molar-refractivity contribution in [3.05, 3.63) is 12.2 Å². The van der Waals surface area contributed by atoms with E-state index < -0.39 is 0 Å².